The number of carbonyl (C=O) groups excluding carboxylic acids is 1. The third kappa shape index (κ3) is 3.09. The van der Waals surface area contributed by atoms with E-state index in [0.717, 1.165) is 16.7 Å². The van der Waals surface area contributed by atoms with Crippen molar-refractivity contribution in [3.63, 3.8) is 0 Å². The summed E-state index contributed by atoms with van der Waals surface area (Å²) in [5.41, 5.74) is 2.94. The van der Waals surface area contributed by atoms with Crippen LogP contribution in [0.3, 0.4) is 0 Å². The number of methoxy groups -OCH3 is 3. The van der Waals surface area contributed by atoms with E-state index < -0.39 is 6.09 Å². The Hall–Kier alpha value is -3.35. The number of nitrogens with zero attached hydrogens (tertiary/aromatic N) is 1. The summed E-state index contributed by atoms with van der Waals surface area (Å²) in [5.74, 6) is 2.68. The minimum atomic E-state index is -0.426. The molecule has 0 spiro atoms. The van der Waals surface area contributed by atoms with E-state index in [1.807, 2.05) is 36.4 Å². The molecule has 2 aromatic carbocycles. The zero-order valence-electron chi connectivity index (χ0n) is 15.9. The topological polar surface area (TPSA) is 66.5 Å². The molecule has 0 bridgehead atoms. The first kappa shape index (κ1) is 18.0. The Bertz CT molecular complexity index is 939. The van der Waals surface area contributed by atoms with Crippen molar-refractivity contribution in [1.29, 1.82) is 0 Å². The highest BCUT2D eigenvalue weighted by Crippen LogP contribution is 2.42. The molecule has 7 heteroatoms. The molecule has 0 aliphatic carbocycles. The summed E-state index contributed by atoms with van der Waals surface area (Å²) < 4.78 is 26.7. The third-order valence-corrected chi connectivity index (χ3v) is 4.95. The monoisotopic (exact) mass is 383 g/mol. The van der Waals surface area contributed by atoms with Gasteiger partial charge in [0.25, 0.3) is 0 Å². The molecular weight excluding hydrogens is 362 g/mol. The first-order valence-electron chi connectivity index (χ1n) is 8.83. The van der Waals surface area contributed by atoms with Crippen LogP contribution in [0.25, 0.3) is 6.08 Å². The lowest BCUT2D eigenvalue weighted by Crippen LogP contribution is -2.33. The lowest BCUT2D eigenvalue weighted by molar-refractivity contribution is 0.125. The molecule has 2 aliphatic rings. The molecule has 2 heterocycles. The standard InChI is InChI=1S/C21H21NO6/c1-24-17-5-4-13(9-18(17)25-2)8-16-15-11-20-19(27-12-28-20)10-14(15)6-7-22(16)21(23)26-3/h4-7,9-11,16H,8,12H2,1-3H3. The predicted octanol–water partition coefficient (Wildman–Crippen LogP) is 3.77. The maximum Gasteiger partial charge on any atom is 0.414 e. The Labute approximate surface area is 163 Å². The van der Waals surface area contributed by atoms with Crippen LogP contribution in [0.2, 0.25) is 0 Å². The highest BCUT2D eigenvalue weighted by Gasteiger charge is 2.31. The summed E-state index contributed by atoms with van der Waals surface area (Å²) in [7, 11) is 4.57. The largest absolute Gasteiger partial charge is 0.493 e. The summed E-state index contributed by atoms with van der Waals surface area (Å²) >= 11 is 0. The van der Waals surface area contributed by atoms with Gasteiger partial charge >= 0.3 is 6.09 Å². The van der Waals surface area contributed by atoms with Crippen molar-refractivity contribution in [3.8, 4) is 23.0 Å². The summed E-state index contributed by atoms with van der Waals surface area (Å²) in [6, 6.07) is 9.34. The second kappa shape index (κ2) is 7.34. The van der Waals surface area contributed by atoms with Crippen LogP contribution in [-0.2, 0) is 11.2 Å². The molecule has 0 N–H and O–H groups in total. The minimum absolute atomic E-state index is 0.197. The molecule has 0 radical (unpaired) electrons. The second-order valence-corrected chi connectivity index (χ2v) is 6.44. The highest BCUT2D eigenvalue weighted by atomic mass is 16.7. The SMILES string of the molecule is COC(=O)N1C=Cc2cc3c(cc2C1Cc1ccc(OC)c(OC)c1)OCO3. The number of amides is 1. The van der Waals surface area contributed by atoms with E-state index in [4.69, 9.17) is 23.7 Å². The molecule has 0 saturated carbocycles. The fourth-order valence-corrected chi connectivity index (χ4v) is 3.55. The maximum absolute atomic E-state index is 12.4. The number of ether oxygens (including phenoxy) is 5. The van der Waals surface area contributed by atoms with E-state index in [0.29, 0.717) is 29.4 Å². The zero-order chi connectivity index (χ0) is 19.7. The minimum Gasteiger partial charge on any atom is -0.493 e. The molecule has 4 rings (SSSR count). The average Bonchev–Trinajstić information content (AvgIpc) is 3.19. The molecule has 2 aromatic rings. The van der Waals surface area contributed by atoms with E-state index in [9.17, 15) is 4.79 Å². The van der Waals surface area contributed by atoms with Gasteiger partial charge in [-0.3, -0.25) is 4.90 Å². The third-order valence-electron chi connectivity index (χ3n) is 4.95. The van der Waals surface area contributed by atoms with Gasteiger partial charge in [-0.2, -0.15) is 0 Å². The van der Waals surface area contributed by atoms with Crippen LogP contribution < -0.4 is 18.9 Å². The molecule has 1 amide bonds. The Morgan fingerprint density at radius 3 is 2.54 bits per heavy atom. The molecule has 1 unspecified atom stereocenters. The van der Waals surface area contributed by atoms with Crippen molar-refractivity contribution in [1.82, 2.24) is 4.90 Å². The molecule has 1 atom stereocenters. The van der Waals surface area contributed by atoms with Gasteiger partial charge in [0.15, 0.2) is 23.0 Å². The van der Waals surface area contributed by atoms with Crippen molar-refractivity contribution in [2.75, 3.05) is 28.1 Å². The van der Waals surface area contributed by atoms with Crippen LogP contribution in [0.5, 0.6) is 23.0 Å². The van der Waals surface area contributed by atoms with Gasteiger partial charge < -0.3 is 23.7 Å². The number of hydrogen-bond donors (Lipinski definition) is 0. The van der Waals surface area contributed by atoms with E-state index in [1.165, 1.54) is 7.11 Å². The fraction of sp³-hybridized carbons (Fsp3) is 0.286. The Morgan fingerprint density at radius 2 is 1.82 bits per heavy atom. The van der Waals surface area contributed by atoms with Crippen molar-refractivity contribution in [3.05, 3.63) is 53.2 Å². The van der Waals surface area contributed by atoms with Crippen LogP contribution in [0.4, 0.5) is 4.79 Å². The van der Waals surface area contributed by atoms with Crippen molar-refractivity contribution >= 4 is 12.2 Å². The van der Waals surface area contributed by atoms with Gasteiger partial charge in [-0.25, -0.2) is 4.79 Å². The molecular formula is C21H21NO6. The van der Waals surface area contributed by atoms with Gasteiger partial charge in [0.1, 0.15) is 0 Å². The zero-order valence-corrected chi connectivity index (χ0v) is 15.9. The van der Waals surface area contributed by atoms with Gasteiger partial charge in [0, 0.05) is 6.20 Å². The second-order valence-electron chi connectivity index (χ2n) is 6.44. The molecule has 28 heavy (non-hydrogen) atoms. The van der Waals surface area contributed by atoms with Gasteiger partial charge in [0.2, 0.25) is 6.79 Å². The molecule has 0 aromatic heterocycles. The van der Waals surface area contributed by atoms with Gasteiger partial charge in [-0.05, 0) is 53.5 Å². The lowest BCUT2D eigenvalue weighted by Gasteiger charge is -2.32. The normalized spacial score (nSPS) is 16.5. The number of carbonyl (C=O) groups is 1. The van der Waals surface area contributed by atoms with Crippen LogP contribution >= 0.6 is 0 Å². The van der Waals surface area contributed by atoms with Crippen LogP contribution in [0.1, 0.15) is 22.7 Å². The Morgan fingerprint density at radius 1 is 1.07 bits per heavy atom. The van der Waals surface area contributed by atoms with E-state index in [-0.39, 0.29) is 12.8 Å². The van der Waals surface area contributed by atoms with Crippen molar-refractivity contribution < 1.29 is 28.5 Å². The molecule has 0 fully saturated rings. The number of rotatable bonds is 4. The van der Waals surface area contributed by atoms with Crippen molar-refractivity contribution in [2.45, 2.75) is 12.5 Å². The van der Waals surface area contributed by atoms with Crippen LogP contribution in [-0.4, -0.2) is 39.1 Å². The quantitative estimate of drug-likeness (QED) is 0.801. The molecule has 7 nitrogen and oxygen atoms in total. The summed E-state index contributed by atoms with van der Waals surface area (Å²) in [6.07, 6.45) is 3.75. The summed E-state index contributed by atoms with van der Waals surface area (Å²) in [4.78, 5) is 14.0. The first-order valence-corrected chi connectivity index (χ1v) is 8.83. The molecule has 0 saturated heterocycles. The van der Waals surface area contributed by atoms with E-state index >= 15 is 0 Å². The van der Waals surface area contributed by atoms with E-state index in [2.05, 4.69) is 0 Å². The van der Waals surface area contributed by atoms with Gasteiger partial charge in [-0.1, -0.05) is 6.07 Å². The first-order chi connectivity index (χ1) is 13.6. The van der Waals surface area contributed by atoms with Gasteiger partial charge in [0.05, 0.1) is 27.4 Å². The predicted molar refractivity (Wildman–Crippen MR) is 102 cm³/mol. The number of fused-ring (bicyclic) bond motifs is 2. The van der Waals surface area contributed by atoms with Crippen molar-refractivity contribution in [2.24, 2.45) is 0 Å². The van der Waals surface area contributed by atoms with Crippen LogP contribution in [0, 0.1) is 0 Å². The smallest absolute Gasteiger partial charge is 0.414 e. The summed E-state index contributed by atoms with van der Waals surface area (Å²) in [5, 5.41) is 0. The lowest BCUT2D eigenvalue weighted by atomic mass is 9.91. The molecule has 2 aliphatic heterocycles. The average molecular weight is 383 g/mol. The number of hydrogen-bond acceptors (Lipinski definition) is 6. The number of benzene rings is 2. The van der Waals surface area contributed by atoms with Crippen LogP contribution in [0.15, 0.2) is 36.5 Å². The highest BCUT2D eigenvalue weighted by molar-refractivity contribution is 5.74. The fourth-order valence-electron chi connectivity index (χ4n) is 3.55. The summed E-state index contributed by atoms with van der Waals surface area (Å²) in [6.45, 7) is 0.197. The Kier molecular flexibility index (Phi) is 4.73. The van der Waals surface area contributed by atoms with E-state index in [1.54, 1.807) is 25.3 Å². The maximum atomic E-state index is 12.4. The Balaban J connectivity index is 1.74. The van der Waals surface area contributed by atoms with Gasteiger partial charge in [-0.15, -0.1) is 0 Å². The molecule has 146 valence electrons.